The van der Waals surface area contributed by atoms with Gasteiger partial charge in [-0.1, -0.05) is 79.2 Å². The summed E-state index contributed by atoms with van der Waals surface area (Å²) in [6.07, 6.45) is 4.13. The summed E-state index contributed by atoms with van der Waals surface area (Å²) < 4.78 is 2.28. The van der Waals surface area contributed by atoms with Gasteiger partial charge >= 0.3 is 5.97 Å². The smallest absolute Gasteiger partial charge is 0.303 e. The number of hydrogen-bond acceptors (Lipinski definition) is 4. The van der Waals surface area contributed by atoms with E-state index in [1.54, 1.807) is 11.9 Å². The highest BCUT2D eigenvalue weighted by Gasteiger charge is 2.18. The molecule has 0 radical (unpaired) electrons. The first-order valence-corrected chi connectivity index (χ1v) is 14.5. The van der Waals surface area contributed by atoms with Gasteiger partial charge in [-0.05, 0) is 99.8 Å². The van der Waals surface area contributed by atoms with E-state index < -0.39 is 5.97 Å². The van der Waals surface area contributed by atoms with Crippen molar-refractivity contribution in [3.63, 3.8) is 0 Å². The molecular weight excluding hydrogens is 512 g/mol. The molecule has 0 aliphatic carbocycles. The third kappa shape index (κ3) is 10.5. The normalized spacial score (nSPS) is 12.6. The van der Waals surface area contributed by atoms with Crippen molar-refractivity contribution in [3.8, 4) is 11.1 Å². The third-order valence-corrected chi connectivity index (χ3v) is 7.94. The van der Waals surface area contributed by atoms with Gasteiger partial charge in [0.25, 0.3) is 0 Å². The van der Waals surface area contributed by atoms with E-state index in [4.69, 9.17) is 16.7 Å². The van der Waals surface area contributed by atoms with Crippen molar-refractivity contribution in [1.82, 2.24) is 9.62 Å². The van der Waals surface area contributed by atoms with E-state index in [0.29, 0.717) is 17.4 Å². The van der Waals surface area contributed by atoms with Crippen molar-refractivity contribution >= 4 is 29.5 Å². The Bertz CT molecular complexity index is 1150. The fourth-order valence-electron chi connectivity index (χ4n) is 4.53. The molecule has 38 heavy (non-hydrogen) atoms. The summed E-state index contributed by atoms with van der Waals surface area (Å²) in [4.78, 5) is 11.9. The van der Waals surface area contributed by atoms with Crippen LogP contribution in [0.5, 0.6) is 0 Å². The van der Waals surface area contributed by atoms with Gasteiger partial charge in [-0.25, -0.2) is 4.31 Å². The molecule has 0 spiro atoms. The summed E-state index contributed by atoms with van der Waals surface area (Å²) in [5.74, 6) is -0.269. The molecule has 0 bridgehead atoms. The average molecular weight is 553 g/mol. The van der Waals surface area contributed by atoms with E-state index >= 15 is 0 Å². The zero-order chi connectivity index (χ0) is 27.5. The molecule has 0 heterocycles. The Balaban J connectivity index is 1.44. The molecule has 0 aromatic heterocycles. The van der Waals surface area contributed by atoms with Crippen molar-refractivity contribution in [2.24, 2.45) is 5.92 Å². The van der Waals surface area contributed by atoms with Crippen LogP contribution in [0.4, 0.5) is 0 Å². The number of carboxylic acid groups (broad SMARTS) is 1. The molecule has 3 aromatic rings. The Morgan fingerprint density at radius 2 is 1.71 bits per heavy atom. The van der Waals surface area contributed by atoms with Crippen LogP contribution in [0.3, 0.4) is 0 Å². The van der Waals surface area contributed by atoms with Crippen molar-refractivity contribution in [1.29, 1.82) is 0 Å². The van der Waals surface area contributed by atoms with Crippen LogP contribution in [0.2, 0.25) is 5.02 Å². The van der Waals surface area contributed by atoms with E-state index in [9.17, 15) is 4.79 Å². The highest BCUT2D eigenvalue weighted by molar-refractivity contribution is 7.97. The van der Waals surface area contributed by atoms with Gasteiger partial charge in [-0.15, -0.1) is 0 Å². The van der Waals surface area contributed by atoms with E-state index in [1.807, 2.05) is 30.3 Å². The zero-order valence-electron chi connectivity index (χ0n) is 23.0. The topological polar surface area (TPSA) is 52.6 Å². The summed E-state index contributed by atoms with van der Waals surface area (Å²) >= 11 is 8.37. The minimum absolute atomic E-state index is 0.118. The highest BCUT2D eigenvalue weighted by atomic mass is 35.5. The monoisotopic (exact) mass is 552 g/mol. The Hall–Kier alpha value is -2.31. The maximum absolute atomic E-state index is 10.8. The maximum Gasteiger partial charge on any atom is 0.303 e. The van der Waals surface area contributed by atoms with Crippen molar-refractivity contribution in [2.45, 2.75) is 63.3 Å². The molecule has 1 atom stereocenters. The molecule has 0 fully saturated rings. The van der Waals surface area contributed by atoms with Gasteiger partial charge < -0.3 is 10.4 Å². The number of halogens is 1. The molecule has 2 N–H and O–H groups in total. The lowest BCUT2D eigenvalue weighted by molar-refractivity contribution is -0.136. The van der Waals surface area contributed by atoms with Crippen LogP contribution < -0.4 is 5.32 Å². The first kappa shape index (κ1) is 30.2. The van der Waals surface area contributed by atoms with Crippen molar-refractivity contribution in [2.75, 3.05) is 20.1 Å². The largest absolute Gasteiger partial charge is 0.481 e. The highest BCUT2D eigenvalue weighted by Crippen LogP contribution is 2.33. The number of carbonyl (C=O) groups is 1. The lowest BCUT2D eigenvalue weighted by Crippen LogP contribution is -2.43. The van der Waals surface area contributed by atoms with Gasteiger partial charge in [0.15, 0.2) is 0 Å². The summed E-state index contributed by atoms with van der Waals surface area (Å²) in [5, 5.41) is 13.4. The quantitative estimate of drug-likeness (QED) is 0.187. The Morgan fingerprint density at radius 1 is 1.03 bits per heavy atom. The number of hydrogen-bond donors (Lipinski definition) is 2. The molecule has 0 aliphatic rings. The second-order valence-electron chi connectivity index (χ2n) is 10.8. The molecule has 0 saturated carbocycles. The van der Waals surface area contributed by atoms with E-state index in [2.05, 4.69) is 79.9 Å². The molecule has 0 aliphatic heterocycles. The van der Waals surface area contributed by atoms with Crippen LogP contribution in [-0.2, 0) is 17.6 Å². The van der Waals surface area contributed by atoms with E-state index in [-0.39, 0.29) is 12.0 Å². The van der Waals surface area contributed by atoms with Crippen LogP contribution in [0.15, 0.2) is 77.7 Å². The Labute approximate surface area is 237 Å². The number of nitrogens with zero attached hydrogens (tertiary/aromatic N) is 1. The lowest BCUT2D eigenvalue weighted by Gasteiger charge is -2.29. The molecule has 4 nitrogen and oxygen atoms in total. The average Bonchev–Trinajstić information content (AvgIpc) is 2.87. The molecule has 3 rings (SSSR count). The van der Waals surface area contributed by atoms with Gasteiger partial charge in [0, 0.05) is 34.0 Å². The van der Waals surface area contributed by atoms with Crippen molar-refractivity contribution in [3.05, 3.63) is 88.9 Å². The summed E-state index contributed by atoms with van der Waals surface area (Å²) in [5.41, 5.74) is 4.56. The number of benzene rings is 3. The molecule has 3 aromatic carbocycles. The van der Waals surface area contributed by atoms with Gasteiger partial charge in [-0.3, -0.25) is 4.79 Å². The van der Waals surface area contributed by atoms with Gasteiger partial charge in [0.2, 0.25) is 0 Å². The Morgan fingerprint density at radius 3 is 2.37 bits per heavy atom. The SMILES string of the molecule is C[C@H](CNC(C)(C)CCCc1ccccc1)CN(C)Sc1ccc(-c2ccc(CCC(=O)O)cc2)c(Cl)c1. The minimum Gasteiger partial charge on any atom is -0.481 e. The Kier molecular flexibility index (Phi) is 11.7. The number of aliphatic carboxylic acids is 1. The number of nitrogens with one attached hydrogen (secondary N) is 1. The summed E-state index contributed by atoms with van der Waals surface area (Å²) in [6, 6.07) is 24.9. The molecule has 0 saturated heterocycles. The number of aryl methyl sites for hydroxylation is 2. The predicted molar refractivity (Wildman–Crippen MR) is 162 cm³/mol. The van der Waals surface area contributed by atoms with Crippen LogP contribution >= 0.6 is 23.5 Å². The molecule has 204 valence electrons. The van der Waals surface area contributed by atoms with Crippen LogP contribution in [-0.4, -0.2) is 41.1 Å². The molecule has 0 unspecified atom stereocenters. The van der Waals surface area contributed by atoms with E-state index in [0.717, 1.165) is 47.5 Å². The molecule has 6 heteroatoms. The first-order chi connectivity index (χ1) is 18.1. The summed E-state index contributed by atoms with van der Waals surface area (Å²) in [7, 11) is 2.13. The second-order valence-corrected chi connectivity index (χ2v) is 12.5. The minimum atomic E-state index is -0.779. The first-order valence-electron chi connectivity index (χ1n) is 13.4. The van der Waals surface area contributed by atoms with Crippen LogP contribution in [0.1, 0.15) is 51.2 Å². The lowest BCUT2D eigenvalue weighted by atomic mass is 9.95. The fraction of sp³-hybridized carbons (Fsp3) is 0.406. The van der Waals surface area contributed by atoms with Gasteiger partial charge in [0.05, 0.1) is 0 Å². The van der Waals surface area contributed by atoms with Crippen molar-refractivity contribution < 1.29 is 9.90 Å². The fourth-order valence-corrected chi connectivity index (χ4v) is 5.87. The standard InChI is InChI=1S/C32H41ClN2O2S/c1-24(22-34-32(2,3)20-8-11-25-9-6-5-7-10-25)23-35(4)38-28-17-18-29(30(33)21-28)27-15-12-26(13-16-27)14-19-31(36)37/h5-7,9-10,12-13,15-18,21,24,34H,8,11,14,19-20,22-23H2,1-4H3,(H,36,37)/t24-/m1/s1. The van der Waals surface area contributed by atoms with Crippen LogP contribution in [0, 0.1) is 5.92 Å². The molecule has 0 amide bonds. The third-order valence-electron chi connectivity index (χ3n) is 6.70. The van der Waals surface area contributed by atoms with Crippen LogP contribution in [0.25, 0.3) is 11.1 Å². The molecular formula is C32H41ClN2O2S. The number of rotatable bonds is 15. The second kappa shape index (κ2) is 14.7. The predicted octanol–water partition coefficient (Wildman–Crippen LogP) is 7.99. The van der Waals surface area contributed by atoms with Gasteiger partial charge in [0.1, 0.15) is 0 Å². The number of carboxylic acids is 1. The summed E-state index contributed by atoms with van der Waals surface area (Å²) in [6.45, 7) is 8.84. The van der Waals surface area contributed by atoms with Gasteiger partial charge in [-0.2, -0.15) is 0 Å². The zero-order valence-corrected chi connectivity index (χ0v) is 24.6. The van der Waals surface area contributed by atoms with E-state index in [1.165, 1.54) is 12.0 Å². The maximum atomic E-state index is 10.8.